The first kappa shape index (κ1) is 15.6. The number of rotatable bonds is 5. The summed E-state index contributed by atoms with van der Waals surface area (Å²) in [6.45, 7) is 0. The lowest BCUT2D eigenvalue weighted by Crippen LogP contribution is -2.14. The molecule has 2 N–H and O–H groups in total. The molecule has 0 saturated heterocycles. The van der Waals surface area contributed by atoms with Crippen LogP contribution in [0, 0.1) is 23.2 Å². The topological polar surface area (TPSA) is 71.4 Å². The summed E-state index contributed by atoms with van der Waals surface area (Å²) in [4.78, 5) is 11.7. The van der Waals surface area contributed by atoms with Crippen molar-refractivity contribution < 1.29 is 14.3 Å². The van der Waals surface area contributed by atoms with Crippen molar-refractivity contribution in [3.8, 4) is 11.8 Å². The van der Waals surface area contributed by atoms with Crippen LogP contribution in [-0.4, -0.2) is 26.4 Å². The molecule has 1 aromatic rings. The van der Waals surface area contributed by atoms with E-state index in [0.717, 1.165) is 5.56 Å². The zero-order valence-electron chi connectivity index (χ0n) is 12.6. The normalized spacial score (nSPS) is 13.6. The molecule has 0 radical (unpaired) electrons. The van der Waals surface area contributed by atoms with E-state index in [2.05, 4.69) is 17.2 Å². The molecule has 0 heterocycles. The smallest absolute Gasteiger partial charge is 0.357 e. The SMILES string of the molecule is CO/C=C(\Nc1cc(C#CC2CC2)ccc1C=N)C(=O)OC. The van der Waals surface area contributed by atoms with Gasteiger partial charge in [-0.25, -0.2) is 4.79 Å². The summed E-state index contributed by atoms with van der Waals surface area (Å²) in [6, 6.07) is 5.45. The second-order valence-corrected chi connectivity index (χ2v) is 4.87. The highest BCUT2D eigenvalue weighted by molar-refractivity contribution is 5.94. The number of esters is 1. The van der Waals surface area contributed by atoms with Crippen molar-refractivity contribution in [2.45, 2.75) is 12.8 Å². The number of hydrogen-bond acceptors (Lipinski definition) is 5. The minimum atomic E-state index is -0.549. The molecule has 114 valence electrons. The van der Waals surface area contributed by atoms with Crippen molar-refractivity contribution >= 4 is 17.9 Å². The van der Waals surface area contributed by atoms with Gasteiger partial charge in [0.2, 0.25) is 0 Å². The number of carbonyl (C=O) groups excluding carboxylic acids is 1. The quantitative estimate of drug-likeness (QED) is 0.288. The Labute approximate surface area is 129 Å². The number of benzene rings is 1. The van der Waals surface area contributed by atoms with Crippen molar-refractivity contribution in [1.82, 2.24) is 0 Å². The Morgan fingerprint density at radius 3 is 2.77 bits per heavy atom. The van der Waals surface area contributed by atoms with E-state index < -0.39 is 5.97 Å². The van der Waals surface area contributed by atoms with Gasteiger partial charge in [-0.05, 0) is 25.0 Å². The average Bonchev–Trinajstić information content (AvgIpc) is 3.36. The Balaban J connectivity index is 2.28. The maximum Gasteiger partial charge on any atom is 0.357 e. The van der Waals surface area contributed by atoms with E-state index in [9.17, 15) is 4.79 Å². The van der Waals surface area contributed by atoms with Gasteiger partial charge in [0.1, 0.15) is 6.26 Å². The van der Waals surface area contributed by atoms with E-state index >= 15 is 0 Å². The molecule has 1 aliphatic carbocycles. The van der Waals surface area contributed by atoms with Crippen LogP contribution in [0.2, 0.25) is 0 Å². The van der Waals surface area contributed by atoms with Gasteiger partial charge in [0.15, 0.2) is 5.70 Å². The van der Waals surface area contributed by atoms with Crippen LogP contribution in [0.15, 0.2) is 30.2 Å². The van der Waals surface area contributed by atoms with E-state index in [1.165, 1.54) is 39.5 Å². The highest BCUT2D eigenvalue weighted by Gasteiger charge is 2.18. The summed E-state index contributed by atoms with van der Waals surface area (Å²) in [6.07, 6.45) is 4.81. The first-order valence-corrected chi connectivity index (χ1v) is 6.92. The van der Waals surface area contributed by atoms with E-state index in [4.69, 9.17) is 14.9 Å². The van der Waals surface area contributed by atoms with Crippen LogP contribution in [0.25, 0.3) is 0 Å². The highest BCUT2D eigenvalue weighted by Crippen LogP contribution is 2.27. The summed E-state index contributed by atoms with van der Waals surface area (Å²) in [5.41, 5.74) is 2.23. The molecular weight excluding hydrogens is 280 g/mol. The molecule has 1 aliphatic rings. The van der Waals surface area contributed by atoms with Crippen LogP contribution >= 0.6 is 0 Å². The summed E-state index contributed by atoms with van der Waals surface area (Å²) < 4.78 is 9.57. The summed E-state index contributed by atoms with van der Waals surface area (Å²) in [7, 11) is 2.74. The molecule has 1 fully saturated rings. The molecule has 0 spiro atoms. The fourth-order valence-electron chi connectivity index (χ4n) is 1.78. The van der Waals surface area contributed by atoms with Gasteiger partial charge in [-0.2, -0.15) is 0 Å². The Hall–Kier alpha value is -2.74. The predicted octanol–water partition coefficient (Wildman–Crippen LogP) is 2.52. The van der Waals surface area contributed by atoms with Crippen LogP contribution < -0.4 is 5.32 Å². The highest BCUT2D eigenvalue weighted by atomic mass is 16.5. The number of methoxy groups -OCH3 is 2. The van der Waals surface area contributed by atoms with Gasteiger partial charge in [-0.3, -0.25) is 0 Å². The Kier molecular flexibility index (Phi) is 5.21. The van der Waals surface area contributed by atoms with Gasteiger partial charge in [-0.15, -0.1) is 0 Å². The van der Waals surface area contributed by atoms with Crippen LogP contribution in [0.3, 0.4) is 0 Å². The van der Waals surface area contributed by atoms with Crippen LogP contribution in [0.1, 0.15) is 24.0 Å². The molecular formula is C17H18N2O3. The molecule has 5 nitrogen and oxygen atoms in total. The third kappa shape index (κ3) is 4.13. The van der Waals surface area contributed by atoms with E-state index in [0.29, 0.717) is 17.2 Å². The fourth-order valence-corrected chi connectivity index (χ4v) is 1.78. The molecule has 2 rings (SSSR count). The van der Waals surface area contributed by atoms with Crippen LogP contribution in [0.5, 0.6) is 0 Å². The van der Waals surface area contributed by atoms with Gasteiger partial charge in [0.05, 0.1) is 14.2 Å². The third-order valence-corrected chi connectivity index (χ3v) is 3.12. The Morgan fingerprint density at radius 1 is 1.41 bits per heavy atom. The predicted molar refractivity (Wildman–Crippen MR) is 84.7 cm³/mol. The first-order chi connectivity index (χ1) is 10.7. The lowest BCUT2D eigenvalue weighted by Gasteiger charge is -2.11. The maximum atomic E-state index is 11.7. The largest absolute Gasteiger partial charge is 0.502 e. The number of hydrogen-bond donors (Lipinski definition) is 2. The van der Waals surface area contributed by atoms with E-state index in [1.807, 2.05) is 12.1 Å². The molecule has 0 atom stereocenters. The number of carbonyl (C=O) groups is 1. The van der Waals surface area contributed by atoms with Crippen LogP contribution in [-0.2, 0) is 14.3 Å². The zero-order chi connectivity index (χ0) is 15.9. The monoisotopic (exact) mass is 298 g/mol. The minimum absolute atomic E-state index is 0.153. The van der Waals surface area contributed by atoms with Gasteiger partial charge >= 0.3 is 5.97 Å². The zero-order valence-corrected chi connectivity index (χ0v) is 12.6. The third-order valence-electron chi connectivity index (χ3n) is 3.12. The average molecular weight is 298 g/mol. The molecule has 0 amide bonds. The number of nitrogens with one attached hydrogen (secondary N) is 2. The molecule has 0 bridgehead atoms. The second kappa shape index (κ2) is 7.32. The van der Waals surface area contributed by atoms with Crippen molar-refractivity contribution in [1.29, 1.82) is 5.41 Å². The first-order valence-electron chi connectivity index (χ1n) is 6.92. The molecule has 22 heavy (non-hydrogen) atoms. The lowest BCUT2D eigenvalue weighted by molar-refractivity contribution is -0.136. The number of ether oxygens (including phenoxy) is 2. The molecule has 0 aromatic heterocycles. The van der Waals surface area contributed by atoms with Gasteiger partial charge in [0.25, 0.3) is 0 Å². The van der Waals surface area contributed by atoms with Crippen molar-refractivity contribution in [3.63, 3.8) is 0 Å². The van der Waals surface area contributed by atoms with Gasteiger partial charge < -0.3 is 20.2 Å². The summed E-state index contributed by atoms with van der Waals surface area (Å²) in [5, 5.41) is 10.4. The Bertz CT molecular complexity index is 664. The molecule has 1 saturated carbocycles. The van der Waals surface area contributed by atoms with E-state index in [-0.39, 0.29) is 5.70 Å². The van der Waals surface area contributed by atoms with Gasteiger partial charge in [0, 0.05) is 28.9 Å². The second-order valence-electron chi connectivity index (χ2n) is 4.87. The lowest BCUT2D eigenvalue weighted by atomic mass is 10.1. The summed E-state index contributed by atoms with van der Waals surface area (Å²) >= 11 is 0. The maximum absolute atomic E-state index is 11.7. The van der Waals surface area contributed by atoms with Crippen molar-refractivity contribution in [2.24, 2.45) is 5.92 Å². The van der Waals surface area contributed by atoms with Crippen LogP contribution in [0.4, 0.5) is 5.69 Å². The molecule has 0 unspecified atom stereocenters. The van der Waals surface area contributed by atoms with Gasteiger partial charge in [-0.1, -0.05) is 17.9 Å². The summed E-state index contributed by atoms with van der Waals surface area (Å²) in [5.74, 6) is 6.26. The minimum Gasteiger partial charge on any atom is -0.502 e. The standard InChI is InChI=1S/C17H18N2O3/c1-21-11-16(17(20)22-2)19-15-9-13(6-5-12-3-4-12)7-8-14(15)10-18/h7-12,18-19H,3-4H2,1-2H3/b16-11-,18-10?. The van der Waals surface area contributed by atoms with E-state index in [1.54, 1.807) is 6.07 Å². The molecule has 5 heteroatoms. The number of anilines is 1. The van der Waals surface area contributed by atoms with Crippen molar-refractivity contribution in [3.05, 3.63) is 41.3 Å². The Morgan fingerprint density at radius 2 is 2.18 bits per heavy atom. The molecule has 0 aliphatic heterocycles. The fraction of sp³-hybridized carbons (Fsp3) is 0.294. The molecule has 1 aromatic carbocycles. The van der Waals surface area contributed by atoms with Crippen molar-refractivity contribution in [2.75, 3.05) is 19.5 Å².